The first-order valence-corrected chi connectivity index (χ1v) is 8.01. The van der Waals surface area contributed by atoms with Crippen LogP contribution in [0, 0.1) is 0 Å². The van der Waals surface area contributed by atoms with Gasteiger partial charge in [-0.1, -0.05) is 48.5 Å². The van der Waals surface area contributed by atoms with E-state index >= 15 is 0 Å². The topological polar surface area (TPSA) is 58.6 Å². The summed E-state index contributed by atoms with van der Waals surface area (Å²) in [7, 11) is 0. The number of amides is 2. The Bertz CT molecular complexity index is 688. The van der Waals surface area contributed by atoms with Gasteiger partial charge < -0.3 is 15.0 Å². The summed E-state index contributed by atoms with van der Waals surface area (Å²) in [5.41, 5.74) is 1.78. The fraction of sp³-hybridized carbons (Fsp3) is 0.263. The molecule has 5 nitrogen and oxygen atoms in total. The van der Waals surface area contributed by atoms with Gasteiger partial charge in [-0.3, -0.25) is 9.59 Å². The fourth-order valence-electron chi connectivity index (χ4n) is 2.70. The molecule has 1 aliphatic rings. The second-order valence-electron chi connectivity index (χ2n) is 5.72. The summed E-state index contributed by atoms with van der Waals surface area (Å²) >= 11 is 0. The van der Waals surface area contributed by atoms with Crippen LogP contribution in [-0.4, -0.2) is 36.0 Å². The van der Waals surface area contributed by atoms with E-state index in [1.807, 2.05) is 60.7 Å². The maximum Gasteiger partial charge on any atom is 0.252 e. The minimum atomic E-state index is -0.717. The molecule has 124 valence electrons. The van der Waals surface area contributed by atoms with Gasteiger partial charge in [0.05, 0.1) is 13.0 Å². The third kappa shape index (κ3) is 4.20. The van der Waals surface area contributed by atoms with E-state index in [9.17, 15) is 9.59 Å². The molecule has 5 heteroatoms. The molecule has 0 spiro atoms. The first kappa shape index (κ1) is 16.2. The molecule has 0 saturated carbocycles. The van der Waals surface area contributed by atoms with Crippen molar-refractivity contribution in [3.63, 3.8) is 0 Å². The van der Waals surface area contributed by atoms with Crippen molar-refractivity contribution in [2.75, 3.05) is 18.5 Å². The van der Waals surface area contributed by atoms with Crippen LogP contribution in [0.4, 0.5) is 5.69 Å². The second kappa shape index (κ2) is 7.75. The zero-order chi connectivity index (χ0) is 16.8. The van der Waals surface area contributed by atoms with Crippen molar-refractivity contribution in [2.45, 2.75) is 19.1 Å². The molecule has 1 atom stereocenters. The number of rotatable bonds is 5. The minimum absolute atomic E-state index is 0.0268. The van der Waals surface area contributed by atoms with Crippen LogP contribution in [0.3, 0.4) is 0 Å². The van der Waals surface area contributed by atoms with Crippen molar-refractivity contribution in [1.29, 1.82) is 0 Å². The lowest BCUT2D eigenvalue weighted by Crippen LogP contribution is -2.48. The van der Waals surface area contributed by atoms with Crippen LogP contribution in [0.2, 0.25) is 0 Å². The van der Waals surface area contributed by atoms with E-state index in [1.165, 1.54) is 0 Å². The highest BCUT2D eigenvalue weighted by Crippen LogP contribution is 2.15. The first-order chi connectivity index (χ1) is 11.7. The van der Waals surface area contributed by atoms with Crippen molar-refractivity contribution >= 4 is 17.5 Å². The van der Waals surface area contributed by atoms with Gasteiger partial charge in [0.2, 0.25) is 5.91 Å². The summed E-state index contributed by atoms with van der Waals surface area (Å²) in [4.78, 5) is 26.4. The number of carbonyl (C=O) groups is 2. The van der Waals surface area contributed by atoms with E-state index in [0.29, 0.717) is 25.4 Å². The van der Waals surface area contributed by atoms with E-state index in [1.54, 1.807) is 4.90 Å². The first-order valence-electron chi connectivity index (χ1n) is 8.01. The highest BCUT2D eigenvalue weighted by molar-refractivity contribution is 5.95. The van der Waals surface area contributed by atoms with Crippen molar-refractivity contribution in [3.05, 3.63) is 66.2 Å². The molecule has 0 bridgehead atoms. The van der Waals surface area contributed by atoms with Gasteiger partial charge in [-0.2, -0.15) is 0 Å². The highest BCUT2D eigenvalue weighted by Gasteiger charge is 2.31. The Morgan fingerprint density at radius 3 is 2.46 bits per heavy atom. The molecule has 1 aliphatic heterocycles. The quantitative estimate of drug-likeness (QED) is 0.919. The standard InChI is InChI=1S/C19H20N2O3/c22-18(20-16-9-5-2-6-10-16)13-17-19(23)21(11-12-24-17)14-15-7-3-1-4-8-15/h1-10,17H,11-14H2,(H,20,22)/t17-/m0/s1. The summed E-state index contributed by atoms with van der Waals surface area (Å²) in [6.07, 6.45) is -0.690. The zero-order valence-corrected chi connectivity index (χ0v) is 13.4. The van der Waals surface area contributed by atoms with Gasteiger partial charge in [0, 0.05) is 18.8 Å². The normalized spacial score (nSPS) is 17.6. The number of ether oxygens (including phenoxy) is 1. The molecule has 0 aliphatic carbocycles. The lowest BCUT2D eigenvalue weighted by atomic mass is 10.1. The highest BCUT2D eigenvalue weighted by atomic mass is 16.5. The lowest BCUT2D eigenvalue weighted by Gasteiger charge is -2.32. The maximum atomic E-state index is 12.5. The smallest absolute Gasteiger partial charge is 0.252 e. The van der Waals surface area contributed by atoms with Gasteiger partial charge in [0.1, 0.15) is 6.10 Å². The van der Waals surface area contributed by atoms with E-state index in [2.05, 4.69) is 5.32 Å². The monoisotopic (exact) mass is 324 g/mol. The Hall–Kier alpha value is -2.66. The minimum Gasteiger partial charge on any atom is -0.366 e. The van der Waals surface area contributed by atoms with Crippen molar-refractivity contribution < 1.29 is 14.3 Å². The molecule has 0 unspecified atom stereocenters. The molecule has 0 aromatic heterocycles. The van der Waals surface area contributed by atoms with Crippen LogP contribution in [-0.2, 0) is 20.9 Å². The molecule has 24 heavy (non-hydrogen) atoms. The third-order valence-electron chi connectivity index (χ3n) is 3.91. The van der Waals surface area contributed by atoms with Gasteiger partial charge >= 0.3 is 0 Å². The summed E-state index contributed by atoms with van der Waals surface area (Å²) in [6.45, 7) is 1.53. The lowest BCUT2D eigenvalue weighted by molar-refractivity contribution is -0.155. The van der Waals surface area contributed by atoms with Crippen LogP contribution in [0.5, 0.6) is 0 Å². The number of benzene rings is 2. The third-order valence-corrected chi connectivity index (χ3v) is 3.91. The Morgan fingerprint density at radius 2 is 1.75 bits per heavy atom. The fourth-order valence-corrected chi connectivity index (χ4v) is 2.70. The Kier molecular flexibility index (Phi) is 5.23. The van der Waals surface area contributed by atoms with Gasteiger partial charge in [0.15, 0.2) is 0 Å². The summed E-state index contributed by atoms with van der Waals surface area (Å²) in [5, 5.41) is 2.78. The van der Waals surface area contributed by atoms with Crippen molar-refractivity contribution in [3.8, 4) is 0 Å². The van der Waals surface area contributed by atoms with E-state index in [0.717, 1.165) is 5.56 Å². The summed E-state index contributed by atoms with van der Waals surface area (Å²) in [5.74, 6) is -0.352. The maximum absolute atomic E-state index is 12.5. The number of anilines is 1. The number of carbonyl (C=O) groups excluding carboxylic acids is 2. The number of hydrogen-bond acceptors (Lipinski definition) is 3. The number of nitrogens with one attached hydrogen (secondary N) is 1. The van der Waals surface area contributed by atoms with Gasteiger partial charge in [-0.05, 0) is 17.7 Å². The predicted octanol–water partition coefficient (Wildman–Crippen LogP) is 2.44. The Balaban J connectivity index is 1.57. The number of nitrogens with zero attached hydrogens (tertiary/aromatic N) is 1. The molecule has 2 amide bonds. The van der Waals surface area contributed by atoms with Crippen LogP contribution < -0.4 is 5.32 Å². The molecule has 2 aromatic carbocycles. The van der Waals surface area contributed by atoms with Gasteiger partial charge in [-0.25, -0.2) is 0 Å². The van der Waals surface area contributed by atoms with E-state index in [-0.39, 0.29) is 18.2 Å². The number of para-hydroxylation sites is 1. The molecular weight excluding hydrogens is 304 g/mol. The predicted molar refractivity (Wildman–Crippen MR) is 91.3 cm³/mol. The van der Waals surface area contributed by atoms with Gasteiger partial charge in [0.25, 0.3) is 5.91 Å². The zero-order valence-electron chi connectivity index (χ0n) is 13.4. The van der Waals surface area contributed by atoms with Crippen LogP contribution >= 0.6 is 0 Å². The average Bonchev–Trinajstić information content (AvgIpc) is 2.60. The number of morpholine rings is 1. The largest absolute Gasteiger partial charge is 0.366 e. The van der Waals surface area contributed by atoms with Crippen LogP contribution in [0.1, 0.15) is 12.0 Å². The van der Waals surface area contributed by atoms with Crippen LogP contribution in [0.25, 0.3) is 0 Å². The Labute approximate surface area is 141 Å². The average molecular weight is 324 g/mol. The van der Waals surface area contributed by atoms with Gasteiger partial charge in [-0.15, -0.1) is 0 Å². The van der Waals surface area contributed by atoms with E-state index in [4.69, 9.17) is 4.74 Å². The molecule has 1 heterocycles. The SMILES string of the molecule is O=C(C[C@@H]1OCCN(Cc2ccccc2)C1=O)Nc1ccccc1. The Morgan fingerprint density at radius 1 is 1.08 bits per heavy atom. The molecule has 0 radical (unpaired) electrons. The number of hydrogen-bond donors (Lipinski definition) is 1. The molecule has 1 fully saturated rings. The molecule has 2 aromatic rings. The summed E-state index contributed by atoms with van der Waals surface area (Å²) < 4.78 is 5.51. The molecular formula is C19H20N2O3. The van der Waals surface area contributed by atoms with Crippen molar-refractivity contribution in [1.82, 2.24) is 4.90 Å². The van der Waals surface area contributed by atoms with Crippen molar-refractivity contribution in [2.24, 2.45) is 0 Å². The molecule has 3 rings (SSSR count). The molecule has 1 saturated heterocycles. The second-order valence-corrected chi connectivity index (χ2v) is 5.72. The molecule has 1 N–H and O–H groups in total. The van der Waals surface area contributed by atoms with Crippen LogP contribution in [0.15, 0.2) is 60.7 Å². The van der Waals surface area contributed by atoms with E-state index < -0.39 is 6.10 Å². The summed E-state index contributed by atoms with van der Waals surface area (Å²) in [6, 6.07) is 19.0.